The van der Waals surface area contributed by atoms with Crippen molar-refractivity contribution in [3.63, 3.8) is 0 Å². The van der Waals surface area contributed by atoms with Crippen molar-refractivity contribution in [1.29, 1.82) is 0 Å². The molecule has 0 aliphatic heterocycles. The molecular weight excluding hydrogens is 362 g/mol. The van der Waals surface area contributed by atoms with Gasteiger partial charge in [-0.05, 0) is 41.8 Å². The van der Waals surface area contributed by atoms with Crippen LogP contribution in [0.4, 0.5) is 5.69 Å². The summed E-state index contributed by atoms with van der Waals surface area (Å²) in [6.45, 7) is 3.56. The number of benzene rings is 2. The van der Waals surface area contributed by atoms with Crippen LogP contribution < -0.4 is 4.74 Å². The highest BCUT2D eigenvalue weighted by molar-refractivity contribution is 6.06. The highest BCUT2D eigenvalue weighted by Gasteiger charge is 2.16. The molecule has 0 spiro atoms. The Labute approximate surface area is 162 Å². The summed E-state index contributed by atoms with van der Waals surface area (Å²) in [5.41, 5.74) is 1.69. The number of ketones is 1. The van der Waals surface area contributed by atoms with Crippen molar-refractivity contribution in [2.24, 2.45) is 0 Å². The summed E-state index contributed by atoms with van der Waals surface area (Å²) in [4.78, 5) is 34.2. The van der Waals surface area contributed by atoms with E-state index in [2.05, 4.69) is 4.74 Å². The van der Waals surface area contributed by atoms with E-state index in [9.17, 15) is 19.7 Å². The van der Waals surface area contributed by atoms with E-state index >= 15 is 0 Å². The SMILES string of the molecule is COC(=O)COc1ccc(C(=O)C=Cc2ccc(C(C)C)c([N+](=O)[O-])c2)cc1. The molecule has 2 aromatic rings. The van der Waals surface area contributed by atoms with Crippen LogP contribution in [0.15, 0.2) is 48.5 Å². The first kappa shape index (κ1) is 20.8. The molecule has 0 aliphatic carbocycles. The van der Waals surface area contributed by atoms with E-state index in [1.807, 2.05) is 13.8 Å². The van der Waals surface area contributed by atoms with Crippen molar-refractivity contribution >= 4 is 23.5 Å². The first-order valence-corrected chi connectivity index (χ1v) is 8.62. The molecule has 0 heterocycles. The number of rotatable bonds is 8. The van der Waals surface area contributed by atoms with Crippen molar-refractivity contribution in [3.05, 3.63) is 75.3 Å². The number of ether oxygens (including phenoxy) is 2. The minimum Gasteiger partial charge on any atom is -0.482 e. The third-order valence-electron chi connectivity index (χ3n) is 4.02. The molecule has 0 aliphatic rings. The lowest BCUT2D eigenvalue weighted by Crippen LogP contribution is -2.12. The zero-order valence-corrected chi connectivity index (χ0v) is 15.9. The van der Waals surface area contributed by atoms with E-state index in [4.69, 9.17) is 4.74 Å². The highest BCUT2D eigenvalue weighted by atomic mass is 16.6. The quantitative estimate of drug-likeness (QED) is 0.223. The molecule has 0 fully saturated rings. The van der Waals surface area contributed by atoms with E-state index in [1.54, 1.807) is 42.5 Å². The average Bonchev–Trinajstić information content (AvgIpc) is 2.70. The summed E-state index contributed by atoms with van der Waals surface area (Å²) < 4.78 is 9.70. The number of carbonyl (C=O) groups excluding carboxylic acids is 2. The largest absolute Gasteiger partial charge is 0.482 e. The minimum absolute atomic E-state index is 0.0278. The Morgan fingerprint density at radius 3 is 2.39 bits per heavy atom. The van der Waals surface area contributed by atoms with E-state index in [0.717, 1.165) is 0 Å². The van der Waals surface area contributed by atoms with Gasteiger partial charge in [0.05, 0.1) is 12.0 Å². The maximum atomic E-state index is 12.3. The summed E-state index contributed by atoms with van der Waals surface area (Å²) in [5, 5.41) is 11.3. The summed E-state index contributed by atoms with van der Waals surface area (Å²) in [6.07, 6.45) is 2.90. The second-order valence-electron chi connectivity index (χ2n) is 6.32. The van der Waals surface area contributed by atoms with Gasteiger partial charge < -0.3 is 9.47 Å². The standard InChI is InChI=1S/C21H21NO6/c1-14(2)18-10-4-15(12-19(18)22(25)26)5-11-20(23)16-6-8-17(9-7-16)28-13-21(24)27-3/h4-12,14H,13H2,1-3H3. The van der Waals surface area contributed by atoms with Crippen molar-refractivity contribution in [3.8, 4) is 5.75 Å². The predicted octanol–water partition coefficient (Wildman–Crippen LogP) is 4.17. The molecule has 0 saturated carbocycles. The molecule has 0 N–H and O–H groups in total. The van der Waals surface area contributed by atoms with Gasteiger partial charge in [-0.3, -0.25) is 14.9 Å². The Morgan fingerprint density at radius 1 is 1.14 bits per heavy atom. The topological polar surface area (TPSA) is 95.7 Å². The van der Waals surface area contributed by atoms with Gasteiger partial charge in [0.1, 0.15) is 5.75 Å². The average molecular weight is 383 g/mol. The Hall–Kier alpha value is -3.48. The van der Waals surface area contributed by atoms with Crippen molar-refractivity contribution in [1.82, 2.24) is 0 Å². The fourth-order valence-electron chi connectivity index (χ4n) is 2.50. The maximum Gasteiger partial charge on any atom is 0.343 e. The van der Waals surface area contributed by atoms with Crippen LogP contribution in [0.5, 0.6) is 5.75 Å². The number of carbonyl (C=O) groups is 2. The number of allylic oxidation sites excluding steroid dienone is 1. The van der Waals surface area contributed by atoms with E-state index in [0.29, 0.717) is 22.4 Å². The maximum absolute atomic E-state index is 12.3. The highest BCUT2D eigenvalue weighted by Crippen LogP contribution is 2.27. The van der Waals surface area contributed by atoms with Crippen LogP contribution in [0.2, 0.25) is 0 Å². The van der Waals surface area contributed by atoms with Crippen LogP contribution in [0.3, 0.4) is 0 Å². The van der Waals surface area contributed by atoms with Gasteiger partial charge in [-0.15, -0.1) is 0 Å². The minimum atomic E-state index is -0.499. The molecule has 28 heavy (non-hydrogen) atoms. The van der Waals surface area contributed by atoms with E-state index in [1.165, 1.54) is 19.3 Å². The lowest BCUT2D eigenvalue weighted by Gasteiger charge is -2.07. The zero-order chi connectivity index (χ0) is 20.7. The molecule has 0 amide bonds. The van der Waals surface area contributed by atoms with Crippen LogP contribution >= 0.6 is 0 Å². The molecule has 7 nitrogen and oxygen atoms in total. The van der Waals surface area contributed by atoms with Crippen LogP contribution in [0.25, 0.3) is 6.08 Å². The van der Waals surface area contributed by atoms with Crippen molar-refractivity contribution in [2.45, 2.75) is 19.8 Å². The molecule has 0 bridgehead atoms. The molecule has 0 atom stereocenters. The number of methoxy groups -OCH3 is 1. The lowest BCUT2D eigenvalue weighted by molar-refractivity contribution is -0.385. The van der Waals surface area contributed by atoms with Gasteiger partial charge in [0.25, 0.3) is 5.69 Å². The van der Waals surface area contributed by atoms with Gasteiger partial charge in [0, 0.05) is 17.2 Å². The number of nitro benzene ring substituents is 1. The smallest absolute Gasteiger partial charge is 0.343 e. The van der Waals surface area contributed by atoms with Gasteiger partial charge in [-0.2, -0.15) is 0 Å². The Morgan fingerprint density at radius 2 is 1.82 bits per heavy atom. The third-order valence-corrected chi connectivity index (χ3v) is 4.02. The van der Waals surface area contributed by atoms with Crippen LogP contribution in [0.1, 0.15) is 41.3 Å². The summed E-state index contributed by atoms with van der Waals surface area (Å²) in [7, 11) is 1.27. The second-order valence-corrected chi connectivity index (χ2v) is 6.32. The second kappa shape index (κ2) is 9.45. The molecular formula is C21H21NO6. The Bertz CT molecular complexity index is 900. The summed E-state index contributed by atoms with van der Waals surface area (Å²) >= 11 is 0. The Kier molecular flexibility index (Phi) is 7.03. The number of esters is 1. The monoisotopic (exact) mass is 383 g/mol. The lowest BCUT2D eigenvalue weighted by atomic mass is 9.99. The van der Waals surface area contributed by atoms with E-state index in [-0.39, 0.29) is 24.0 Å². The molecule has 0 aromatic heterocycles. The van der Waals surface area contributed by atoms with E-state index < -0.39 is 10.9 Å². The normalized spacial score (nSPS) is 10.9. The number of hydrogen-bond donors (Lipinski definition) is 0. The summed E-state index contributed by atoms with van der Waals surface area (Å²) in [6, 6.07) is 11.2. The third kappa shape index (κ3) is 5.51. The number of nitro groups is 1. The van der Waals surface area contributed by atoms with Gasteiger partial charge in [-0.1, -0.05) is 32.1 Å². The fraction of sp³-hybridized carbons (Fsp3) is 0.238. The molecule has 2 rings (SSSR count). The van der Waals surface area contributed by atoms with Crippen LogP contribution in [0, 0.1) is 10.1 Å². The molecule has 0 radical (unpaired) electrons. The number of hydrogen-bond acceptors (Lipinski definition) is 6. The molecule has 0 saturated heterocycles. The first-order valence-electron chi connectivity index (χ1n) is 8.62. The first-order chi connectivity index (χ1) is 13.3. The molecule has 146 valence electrons. The Balaban J connectivity index is 2.10. The number of nitrogens with zero attached hydrogens (tertiary/aromatic N) is 1. The molecule has 7 heteroatoms. The molecule has 2 aromatic carbocycles. The van der Waals surface area contributed by atoms with Crippen molar-refractivity contribution < 1.29 is 24.0 Å². The zero-order valence-electron chi connectivity index (χ0n) is 15.9. The van der Waals surface area contributed by atoms with Crippen LogP contribution in [-0.4, -0.2) is 30.4 Å². The van der Waals surface area contributed by atoms with Crippen LogP contribution in [-0.2, 0) is 9.53 Å². The van der Waals surface area contributed by atoms with Gasteiger partial charge in [0.15, 0.2) is 12.4 Å². The molecule has 0 unspecified atom stereocenters. The summed E-state index contributed by atoms with van der Waals surface area (Å²) in [5.74, 6) is -0.290. The van der Waals surface area contributed by atoms with Gasteiger partial charge in [-0.25, -0.2) is 4.79 Å². The van der Waals surface area contributed by atoms with Crippen molar-refractivity contribution in [2.75, 3.05) is 13.7 Å². The predicted molar refractivity (Wildman–Crippen MR) is 105 cm³/mol. The fourth-order valence-corrected chi connectivity index (χ4v) is 2.50. The van der Waals surface area contributed by atoms with Gasteiger partial charge >= 0.3 is 5.97 Å². The van der Waals surface area contributed by atoms with Gasteiger partial charge in [0.2, 0.25) is 0 Å².